The SMILES string of the molecule is NCc1cccc(-c2cccc(-c3ccnc4c3c(O)cc(=O)n4O)c2)c1. The Morgan fingerprint density at radius 2 is 1.67 bits per heavy atom. The van der Waals surface area contributed by atoms with Crippen LogP contribution in [-0.4, -0.2) is 20.0 Å². The number of hydrogen-bond donors (Lipinski definition) is 3. The van der Waals surface area contributed by atoms with E-state index in [2.05, 4.69) is 4.98 Å². The van der Waals surface area contributed by atoms with Crippen LogP contribution in [0.3, 0.4) is 0 Å². The average Bonchev–Trinajstić information content (AvgIpc) is 2.71. The number of rotatable bonds is 3. The number of nitrogens with zero attached hydrogens (tertiary/aromatic N) is 2. The molecule has 4 aromatic rings. The highest BCUT2D eigenvalue weighted by Gasteiger charge is 2.14. The Bertz CT molecular complexity index is 1210. The van der Waals surface area contributed by atoms with Gasteiger partial charge in [-0.3, -0.25) is 4.79 Å². The molecule has 0 aliphatic heterocycles. The molecule has 0 saturated heterocycles. The Hall–Kier alpha value is -3.64. The Labute approximate surface area is 154 Å². The molecule has 4 N–H and O–H groups in total. The molecule has 27 heavy (non-hydrogen) atoms. The van der Waals surface area contributed by atoms with Gasteiger partial charge in [0.2, 0.25) is 0 Å². The standard InChI is InChI=1S/C21H17N3O3/c22-12-13-3-1-4-14(9-13)15-5-2-6-16(10-15)17-7-8-23-21-20(17)18(25)11-19(26)24(21)27/h1-11,25,27H,12,22H2. The van der Waals surface area contributed by atoms with Crippen molar-refractivity contribution < 1.29 is 10.3 Å². The van der Waals surface area contributed by atoms with E-state index in [1.165, 1.54) is 6.20 Å². The molecule has 4 rings (SSSR count). The van der Waals surface area contributed by atoms with Crippen molar-refractivity contribution in [3.63, 3.8) is 0 Å². The zero-order valence-electron chi connectivity index (χ0n) is 14.3. The highest BCUT2D eigenvalue weighted by molar-refractivity contribution is 5.97. The summed E-state index contributed by atoms with van der Waals surface area (Å²) in [5.41, 5.74) is 9.55. The largest absolute Gasteiger partial charge is 0.507 e. The van der Waals surface area contributed by atoms with Gasteiger partial charge in [0, 0.05) is 18.8 Å². The van der Waals surface area contributed by atoms with Crippen LogP contribution in [0.25, 0.3) is 33.3 Å². The number of aromatic nitrogens is 2. The molecule has 0 saturated carbocycles. The van der Waals surface area contributed by atoms with E-state index in [1.807, 2.05) is 48.5 Å². The molecule has 0 amide bonds. The Morgan fingerprint density at radius 1 is 0.963 bits per heavy atom. The van der Waals surface area contributed by atoms with Crippen molar-refractivity contribution in [2.75, 3.05) is 0 Å². The summed E-state index contributed by atoms with van der Waals surface area (Å²) in [6, 6.07) is 18.5. The second-order valence-electron chi connectivity index (χ2n) is 6.22. The lowest BCUT2D eigenvalue weighted by molar-refractivity contribution is 0.186. The van der Waals surface area contributed by atoms with E-state index in [4.69, 9.17) is 5.73 Å². The molecule has 0 fully saturated rings. The van der Waals surface area contributed by atoms with Gasteiger partial charge in [-0.05, 0) is 46.0 Å². The summed E-state index contributed by atoms with van der Waals surface area (Å²) in [4.78, 5) is 15.7. The van der Waals surface area contributed by atoms with E-state index >= 15 is 0 Å². The monoisotopic (exact) mass is 359 g/mol. The molecule has 134 valence electrons. The van der Waals surface area contributed by atoms with E-state index in [0.717, 1.165) is 28.3 Å². The predicted octanol–water partition coefficient (Wildman–Crippen LogP) is 3.13. The lowest BCUT2D eigenvalue weighted by Crippen LogP contribution is -2.17. The lowest BCUT2D eigenvalue weighted by atomic mass is 9.96. The summed E-state index contributed by atoms with van der Waals surface area (Å²) in [6.07, 6.45) is 1.49. The summed E-state index contributed by atoms with van der Waals surface area (Å²) in [5, 5.41) is 20.6. The molecule has 0 aliphatic rings. The van der Waals surface area contributed by atoms with Gasteiger partial charge in [0.1, 0.15) is 5.75 Å². The molecule has 0 bridgehead atoms. The predicted molar refractivity (Wildman–Crippen MR) is 104 cm³/mol. The first-order valence-electron chi connectivity index (χ1n) is 8.41. The molecule has 0 spiro atoms. The van der Waals surface area contributed by atoms with Gasteiger partial charge >= 0.3 is 0 Å². The van der Waals surface area contributed by atoms with Crippen LogP contribution in [0.2, 0.25) is 0 Å². The third-order valence-electron chi connectivity index (χ3n) is 4.53. The molecule has 2 aromatic heterocycles. The third-order valence-corrected chi connectivity index (χ3v) is 4.53. The van der Waals surface area contributed by atoms with Crippen LogP contribution in [-0.2, 0) is 6.54 Å². The van der Waals surface area contributed by atoms with Crippen molar-refractivity contribution in [1.29, 1.82) is 0 Å². The van der Waals surface area contributed by atoms with Gasteiger partial charge in [-0.15, -0.1) is 4.73 Å². The highest BCUT2D eigenvalue weighted by atomic mass is 16.5. The lowest BCUT2D eigenvalue weighted by Gasteiger charge is -2.11. The van der Waals surface area contributed by atoms with E-state index in [-0.39, 0.29) is 11.4 Å². The Kier molecular flexibility index (Phi) is 4.10. The fraction of sp³-hybridized carbons (Fsp3) is 0.0476. The summed E-state index contributed by atoms with van der Waals surface area (Å²) in [5.74, 6) is -0.223. The van der Waals surface area contributed by atoms with E-state index in [0.29, 0.717) is 22.2 Å². The second kappa shape index (κ2) is 6.59. The van der Waals surface area contributed by atoms with Crippen LogP contribution in [0, 0.1) is 0 Å². The zero-order valence-corrected chi connectivity index (χ0v) is 14.3. The maximum absolute atomic E-state index is 11.7. The maximum Gasteiger partial charge on any atom is 0.288 e. The molecule has 2 aromatic carbocycles. The van der Waals surface area contributed by atoms with Crippen molar-refractivity contribution in [3.05, 3.63) is 82.8 Å². The molecular weight excluding hydrogens is 342 g/mol. The third kappa shape index (κ3) is 2.92. The maximum atomic E-state index is 11.7. The number of benzene rings is 2. The number of hydrogen-bond acceptors (Lipinski definition) is 5. The van der Waals surface area contributed by atoms with Gasteiger partial charge in [0.15, 0.2) is 5.65 Å². The van der Waals surface area contributed by atoms with Gasteiger partial charge in [0.05, 0.1) is 5.39 Å². The zero-order chi connectivity index (χ0) is 19.0. The molecule has 0 unspecified atom stereocenters. The van der Waals surface area contributed by atoms with Crippen molar-refractivity contribution in [3.8, 4) is 28.0 Å². The molecule has 0 aliphatic carbocycles. The first kappa shape index (κ1) is 16.8. The number of aromatic hydroxyl groups is 1. The van der Waals surface area contributed by atoms with E-state index in [1.54, 1.807) is 6.07 Å². The van der Waals surface area contributed by atoms with Crippen molar-refractivity contribution in [2.24, 2.45) is 5.73 Å². The normalized spacial score (nSPS) is 11.0. The van der Waals surface area contributed by atoms with Crippen molar-refractivity contribution in [2.45, 2.75) is 6.54 Å². The van der Waals surface area contributed by atoms with Gasteiger partial charge in [-0.25, -0.2) is 4.98 Å². The minimum absolute atomic E-state index is 0.00744. The minimum atomic E-state index is -0.739. The number of nitrogens with two attached hydrogens (primary N) is 1. The van der Waals surface area contributed by atoms with Gasteiger partial charge in [-0.1, -0.05) is 36.4 Å². The molecule has 6 nitrogen and oxygen atoms in total. The van der Waals surface area contributed by atoms with Crippen LogP contribution in [0.5, 0.6) is 5.75 Å². The highest BCUT2D eigenvalue weighted by Crippen LogP contribution is 2.34. The molecule has 6 heteroatoms. The summed E-state index contributed by atoms with van der Waals surface area (Å²) < 4.78 is 0.438. The second-order valence-corrected chi connectivity index (χ2v) is 6.22. The number of pyridine rings is 2. The van der Waals surface area contributed by atoms with Crippen LogP contribution in [0.4, 0.5) is 0 Å². The van der Waals surface area contributed by atoms with Crippen LogP contribution in [0.1, 0.15) is 5.56 Å². The van der Waals surface area contributed by atoms with Crippen LogP contribution >= 0.6 is 0 Å². The van der Waals surface area contributed by atoms with Crippen LogP contribution < -0.4 is 11.3 Å². The average molecular weight is 359 g/mol. The molecule has 0 atom stereocenters. The van der Waals surface area contributed by atoms with Crippen LogP contribution in [0.15, 0.2) is 71.7 Å². The Balaban J connectivity index is 1.93. The molecular formula is C21H17N3O3. The quantitative estimate of drug-likeness (QED) is 0.488. The summed E-state index contributed by atoms with van der Waals surface area (Å²) >= 11 is 0. The van der Waals surface area contributed by atoms with E-state index in [9.17, 15) is 15.1 Å². The molecule has 0 radical (unpaired) electrons. The summed E-state index contributed by atoms with van der Waals surface area (Å²) in [7, 11) is 0. The van der Waals surface area contributed by atoms with Gasteiger partial charge in [0.25, 0.3) is 5.56 Å². The van der Waals surface area contributed by atoms with E-state index < -0.39 is 5.56 Å². The molecule has 2 heterocycles. The first-order chi connectivity index (χ1) is 13.1. The van der Waals surface area contributed by atoms with Gasteiger partial charge in [-0.2, -0.15) is 0 Å². The fourth-order valence-electron chi connectivity index (χ4n) is 3.20. The van der Waals surface area contributed by atoms with Crippen molar-refractivity contribution in [1.82, 2.24) is 9.71 Å². The number of fused-ring (bicyclic) bond motifs is 1. The van der Waals surface area contributed by atoms with Gasteiger partial charge < -0.3 is 16.0 Å². The summed E-state index contributed by atoms with van der Waals surface area (Å²) in [6.45, 7) is 0.463. The topological polar surface area (TPSA) is 101 Å². The minimum Gasteiger partial charge on any atom is -0.507 e. The Morgan fingerprint density at radius 3 is 2.44 bits per heavy atom. The smallest absolute Gasteiger partial charge is 0.288 e. The van der Waals surface area contributed by atoms with Crippen molar-refractivity contribution >= 4 is 11.0 Å². The first-order valence-corrected chi connectivity index (χ1v) is 8.41. The fourth-order valence-corrected chi connectivity index (χ4v) is 3.20.